The zero-order chi connectivity index (χ0) is 11.7. The van der Waals surface area contributed by atoms with Gasteiger partial charge in [0.05, 0.1) is 5.75 Å². The maximum Gasteiger partial charge on any atom is 0.214 e. The van der Waals surface area contributed by atoms with Crippen LogP contribution in [0.25, 0.3) is 0 Å². The molecule has 0 radical (unpaired) electrons. The summed E-state index contributed by atoms with van der Waals surface area (Å²) >= 11 is 3.30. The number of sulfonamides is 1. The van der Waals surface area contributed by atoms with Crippen molar-refractivity contribution in [2.24, 2.45) is 0 Å². The summed E-state index contributed by atoms with van der Waals surface area (Å²) in [4.78, 5) is 0. The number of rotatable bonds is 9. The molecular weight excluding hydrogens is 278 g/mol. The Morgan fingerprint density at radius 1 is 1.07 bits per heavy atom. The van der Waals surface area contributed by atoms with Crippen LogP contribution in [-0.2, 0) is 10.0 Å². The number of hydrogen-bond acceptors (Lipinski definition) is 2. The lowest BCUT2D eigenvalue weighted by Gasteiger charge is -2.20. The van der Waals surface area contributed by atoms with Crippen molar-refractivity contribution in [2.75, 3.05) is 24.2 Å². The molecule has 15 heavy (non-hydrogen) atoms. The van der Waals surface area contributed by atoms with Crippen molar-refractivity contribution in [3.05, 3.63) is 0 Å². The van der Waals surface area contributed by atoms with Crippen LogP contribution < -0.4 is 0 Å². The van der Waals surface area contributed by atoms with E-state index in [1.54, 1.807) is 4.31 Å². The maximum atomic E-state index is 11.9. The number of unbranched alkanes of at least 4 members (excludes halogenated alkanes) is 2. The maximum absolute atomic E-state index is 11.9. The van der Waals surface area contributed by atoms with Crippen molar-refractivity contribution in [3.8, 4) is 0 Å². The molecule has 0 aromatic rings. The zero-order valence-electron chi connectivity index (χ0n) is 9.71. The fraction of sp³-hybridized carbons (Fsp3) is 1.00. The predicted octanol–water partition coefficient (Wildman–Crippen LogP) is 2.61. The predicted molar refractivity (Wildman–Crippen MR) is 69.0 cm³/mol. The summed E-state index contributed by atoms with van der Waals surface area (Å²) < 4.78 is 25.4. The summed E-state index contributed by atoms with van der Waals surface area (Å²) in [7, 11) is -3.02. The molecule has 0 saturated carbocycles. The fourth-order valence-electron chi connectivity index (χ4n) is 1.27. The van der Waals surface area contributed by atoms with E-state index >= 15 is 0 Å². The molecular formula is C10H22BrNO2S. The van der Waals surface area contributed by atoms with Gasteiger partial charge in [-0.2, -0.15) is 0 Å². The molecule has 0 aliphatic rings. The van der Waals surface area contributed by atoms with Gasteiger partial charge in [-0.25, -0.2) is 12.7 Å². The average molecular weight is 300 g/mol. The third-order valence-electron chi connectivity index (χ3n) is 2.24. The molecule has 3 nitrogen and oxygen atoms in total. The molecule has 0 spiro atoms. The van der Waals surface area contributed by atoms with E-state index in [2.05, 4.69) is 22.9 Å². The Balaban J connectivity index is 4.30. The number of nitrogens with zero attached hydrogens (tertiary/aromatic N) is 1. The van der Waals surface area contributed by atoms with Gasteiger partial charge in [0.25, 0.3) is 0 Å². The summed E-state index contributed by atoms with van der Waals surface area (Å²) in [6.07, 6.45) is 3.66. The van der Waals surface area contributed by atoms with Crippen LogP contribution >= 0.6 is 15.9 Å². The Morgan fingerprint density at radius 3 is 2.13 bits per heavy atom. The average Bonchev–Trinajstić information content (AvgIpc) is 2.21. The first kappa shape index (κ1) is 15.4. The van der Waals surface area contributed by atoms with Gasteiger partial charge in [0.2, 0.25) is 10.0 Å². The monoisotopic (exact) mass is 299 g/mol. The molecule has 92 valence electrons. The van der Waals surface area contributed by atoms with Gasteiger partial charge in [0, 0.05) is 18.4 Å². The fourth-order valence-corrected chi connectivity index (χ4v) is 3.63. The molecule has 0 bridgehead atoms. The molecule has 5 heteroatoms. The highest BCUT2D eigenvalue weighted by Crippen LogP contribution is 2.07. The molecule has 0 aromatic carbocycles. The molecule has 0 amide bonds. The van der Waals surface area contributed by atoms with Crippen LogP contribution in [0.3, 0.4) is 0 Å². The molecule has 0 aliphatic heterocycles. The van der Waals surface area contributed by atoms with Gasteiger partial charge in [-0.3, -0.25) is 0 Å². The molecule has 0 N–H and O–H groups in total. The second-order valence-electron chi connectivity index (χ2n) is 3.61. The first-order valence-corrected chi connectivity index (χ1v) is 8.35. The van der Waals surface area contributed by atoms with Crippen LogP contribution in [0.5, 0.6) is 0 Å². The lowest BCUT2D eigenvalue weighted by atomic mass is 10.3. The second-order valence-corrected chi connectivity index (χ2v) is 6.49. The van der Waals surface area contributed by atoms with Crippen molar-refractivity contribution < 1.29 is 8.42 Å². The summed E-state index contributed by atoms with van der Waals surface area (Å²) in [6, 6.07) is 0. The van der Waals surface area contributed by atoms with Gasteiger partial charge in [-0.05, 0) is 12.8 Å². The van der Waals surface area contributed by atoms with E-state index < -0.39 is 10.0 Å². The lowest BCUT2D eigenvalue weighted by Crippen LogP contribution is -2.35. The van der Waals surface area contributed by atoms with E-state index in [1.165, 1.54) is 0 Å². The van der Waals surface area contributed by atoms with Crippen LogP contribution in [0.1, 0.15) is 39.5 Å². The third kappa shape index (κ3) is 6.53. The minimum Gasteiger partial charge on any atom is -0.212 e. The number of alkyl halides is 1. The minimum absolute atomic E-state index is 0.292. The van der Waals surface area contributed by atoms with Crippen molar-refractivity contribution in [1.82, 2.24) is 4.31 Å². The molecule has 0 heterocycles. The highest BCUT2D eigenvalue weighted by Gasteiger charge is 2.19. The molecule has 0 aliphatic carbocycles. The zero-order valence-corrected chi connectivity index (χ0v) is 12.1. The van der Waals surface area contributed by atoms with Crippen molar-refractivity contribution in [1.29, 1.82) is 0 Å². The molecule has 0 fully saturated rings. The Kier molecular flexibility index (Phi) is 8.75. The summed E-state index contributed by atoms with van der Waals surface area (Å²) in [5.74, 6) is 0.292. The number of halogens is 1. The van der Waals surface area contributed by atoms with Crippen LogP contribution in [0.15, 0.2) is 0 Å². The van der Waals surface area contributed by atoms with Crippen molar-refractivity contribution >= 4 is 26.0 Å². The molecule has 0 rings (SSSR count). The quantitative estimate of drug-likeness (QED) is 0.614. The first-order chi connectivity index (χ1) is 7.08. The Bertz CT molecular complexity index is 242. The van der Waals surface area contributed by atoms with Gasteiger partial charge in [0.15, 0.2) is 0 Å². The van der Waals surface area contributed by atoms with E-state index in [4.69, 9.17) is 0 Å². The largest absolute Gasteiger partial charge is 0.214 e. The van der Waals surface area contributed by atoms with E-state index in [0.717, 1.165) is 25.7 Å². The highest BCUT2D eigenvalue weighted by molar-refractivity contribution is 9.09. The van der Waals surface area contributed by atoms with Crippen molar-refractivity contribution in [3.63, 3.8) is 0 Å². The third-order valence-corrected chi connectivity index (χ3v) is 4.56. The minimum atomic E-state index is -3.02. The van der Waals surface area contributed by atoms with E-state index in [-0.39, 0.29) is 0 Å². The van der Waals surface area contributed by atoms with Crippen LogP contribution in [-0.4, -0.2) is 36.9 Å². The van der Waals surface area contributed by atoms with Crippen LogP contribution in [0.2, 0.25) is 0 Å². The number of hydrogen-bond donors (Lipinski definition) is 0. The van der Waals surface area contributed by atoms with Crippen LogP contribution in [0.4, 0.5) is 0 Å². The summed E-state index contributed by atoms with van der Waals surface area (Å²) in [5.41, 5.74) is 0. The van der Waals surface area contributed by atoms with Crippen molar-refractivity contribution in [2.45, 2.75) is 39.5 Å². The SMILES string of the molecule is CCCCN(CCBr)S(=O)(=O)CCCC. The van der Waals surface area contributed by atoms with Gasteiger partial charge in [-0.15, -0.1) is 0 Å². The Hall–Kier alpha value is 0.390. The highest BCUT2D eigenvalue weighted by atomic mass is 79.9. The molecule has 0 atom stereocenters. The van der Waals surface area contributed by atoms with Crippen LogP contribution in [0, 0.1) is 0 Å². The lowest BCUT2D eigenvalue weighted by molar-refractivity contribution is 0.421. The van der Waals surface area contributed by atoms with Gasteiger partial charge in [-0.1, -0.05) is 42.6 Å². The topological polar surface area (TPSA) is 37.4 Å². The van der Waals surface area contributed by atoms with Gasteiger partial charge < -0.3 is 0 Å². The Morgan fingerprint density at radius 2 is 1.67 bits per heavy atom. The van der Waals surface area contributed by atoms with Gasteiger partial charge in [0.1, 0.15) is 0 Å². The molecule has 0 unspecified atom stereocenters. The molecule has 0 aromatic heterocycles. The van der Waals surface area contributed by atoms with E-state index in [0.29, 0.717) is 24.2 Å². The normalized spacial score (nSPS) is 12.3. The van der Waals surface area contributed by atoms with E-state index in [9.17, 15) is 8.42 Å². The summed E-state index contributed by atoms with van der Waals surface area (Å²) in [6.45, 7) is 5.33. The second kappa shape index (κ2) is 8.53. The smallest absolute Gasteiger partial charge is 0.212 e. The summed E-state index contributed by atoms with van der Waals surface area (Å²) in [5, 5.41) is 0.710. The van der Waals surface area contributed by atoms with Gasteiger partial charge >= 0.3 is 0 Å². The molecule has 0 saturated heterocycles. The standard InChI is InChI=1S/C10H22BrNO2S/c1-3-5-8-12(9-7-11)15(13,14)10-6-4-2/h3-10H2,1-2H3. The van der Waals surface area contributed by atoms with E-state index in [1.807, 2.05) is 6.92 Å². The first-order valence-electron chi connectivity index (χ1n) is 5.62. The Labute approximate surface area is 102 Å².